The van der Waals surface area contributed by atoms with Gasteiger partial charge in [-0.1, -0.05) is 30.4 Å². The van der Waals surface area contributed by atoms with E-state index in [2.05, 4.69) is 60.1 Å². The topological polar surface area (TPSA) is 30.8 Å². The molecule has 0 heterocycles. The number of rotatable bonds is 7. The van der Waals surface area contributed by atoms with Crippen LogP contribution >= 0.6 is 22.6 Å². The molecule has 0 spiro atoms. The van der Waals surface area contributed by atoms with Crippen molar-refractivity contribution in [1.29, 1.82) is 0 Å². The largest absolute Gasteiger partial charge is 0.490 e. The van der Waals surface area contributed by atoms with Crippen LogP contribution in [0.1, 0.15) is 23.6 Å². The molecule has 2 aromatic rings. The lowest BCUT2D eigenvalue weighted by Crippen LogP contribution is -2.02. The van der Waals surface area contributed by atoms with Crippen molar-refractivity contribution >= 4 is 34.5 Å². The molecule has 0 unspecified atom stereocenters. The second-order valence-corrected chi connectivity index (χ2v) is 6.57. The number of benzene rings is 2. The molecule has 0 saturated carbocycles. The van der Waals surface area contributed by atoms with Gasteiger partial charge in [0.05, 0.1) is 15.9 Å². The quantitative estimate of drug-likeness (QED) is 0.321. The molecule has 126 valence electrons. The van der Waals surface area contributed by atoms with E-state index in [4.69, 9.17) is 9.47 Å². The van der Waals surface area contributed by atoms with Gasteiger partial charge in [-0.25, -0.2) is 0 Å². The maximum absolute atomic E-state index is 5.72. The van der Waals surface area contributed by atoms with E-state index in [-0.39, 0.29) is 0 Å². The Kier molecular flexibility index (Phi) is 6.85. The average molecular weight is 435 g/mol. The summed E-state index contributed by atoms with van der Waals surface area (Å²) >= 11 is 2.26. The van der Waals surface area contributed by atoms with E-state index in [1.807, 2.05) is 31.3 Å². The first kappa shape index (κ1) is 18.5. The molecular formula is C20H22INO2. The molecule has 0 saturated heterocycles. The summed E-state index contributed by atoms with van der Waals surface area (Å²) in [5.74, 6) is 1.48. The second-order valence-electron chi connectivity index (χ2n) is 5.41. The van der Waals surface area contributed by atoms with Crippen LogP contribution in [0, 0.1) is 17.4 Å². The van der Waals surface area contributed by atoms with Crippen molar-refractivity contribution in [3.63, 3.8) is 0 Å². The van der Waals surface area contributed by atoms with Crippen LogP contribution in [0.3, 0.4) is 0 Å². The van der Waals surface area contributed by atoms with Gasteiger partial charge in [-0.15, -0.1) is 0 Å². The van der Waals surface area contributed by atoms with Crippen molar-refractivity contribution in [1.82, 2.24) is 0 Å². The number of hydrogen-bond donors (Lipinski definition) is 0. The maximum Gasteiger partial charge on any atom is 0.174 e. The highest BCUT2D eigenvalue weighted by atomic mass is 127. The molecule has 0 aliphatic carbocycles. The molecule has 0 aliphatic heterocycles. The van der Waals surface area contributed by atoms with Crippen LogP contribution in [0.25, 0.3) is 0 Å². The fraction of sp³-hybridized carbons (Fsp3) is 0.250. The molecule has 2 rings (SSSR count). The molecule has 3 nitrogen and oxygen atoms in total. The summed E-state index contributed by atoms with van der Waals surface area (Å²) in [6, 6.07) is 10.2. The Morgan fingerprint density at radius 3 is 2.62 bits per heavy atom. The van der Waals surface area contributed by atoms with Crippen LogP contribution in [0.2, 0.25) is 0 Å². The van der Waals surface area contributed by atoms with Crippen molar-refractivity contribution < 1.29 is 9.47 Å². The third-order valence-electron chi connectivity index (χ3n) is 3.38. The van der Waals surface area contributed by atoms with E-state index in [1.54, 1.807) is 6.08 Å². The summed E-state index contributed by atoms with van der Waals surface area (Å²) in [5, 5.41) is 0. The average Bonchev–Trinajstić information content (AvgIpc) is 2.53. The highest BCUT2D eigenvalue weighted by Gasteiger charge is 2.11. The molecule has 0 N–H and O–H groups in total. The first-order chi connectivity index (χ1) is 11.5. The van der Waals surface area contributed by atoms with Crippen LogP contribution in [-0.2, 0) is 0 Å². The summed E-state index contributed by atoms with van der Waals surface area (Å²) in [4.78, 5) is 4.61. The van der Waals surface area contributed by atoms with Crippen LogP contribution in [-0.4, -0.2) is 19.4 Å². The van der Waals surface area contributed by atoms with Gasteiger partial charge in [-0.05, 0) is 72.7 Å². The minimum atomic E-state index is 0.450. The van der Waals surface area contributed by atoms with E-state index in [0.29, 0.717) is 13.2 Å². The lowest BCUT2D eigenvalue weighted by molar-refractivity contribution is 0.295. The number of hydrogen-bond acceptors (Lipinski definition) is 3. The van der Waals surface area contributed by atoms with E-state index in [1.165, 1.54) is 5.56 Å². The highest BCUT2D eigenvalue weighted by molar-refractivity contribution is 14.1. The predicted octanol–water partition coefficient (Wildman–Crippen LogP) is 5.62. The third-order valence-corrected chi connectivity index (χ3v) is 4.18. The maximum atomic E-state index is 5.72. The van der Waals surface area contributed by atoms with Crippen LogP contribution in [0.15, 0.2) is 48.0 Å². The van der Waals surface area contributed by atoms with E-state index in [9.17, 15) is 0 Å². The fourth-order valence-corrected chi connectivity index (χ4v) is 3.08. The Morgan fingerprint density at radius 2 is 1.96 bits per heavy atom. The van der Waals surface area contributed by atoms with Crippen molar-refractivity contribution in [2.45, 2.75) is 20.8 Å². The molecule has 0 atom stereocenters. The number of aryl methyl sites for hydroxylation is 2. The molecule has 0 aromatic heterocycles. The van der Waals surface area contributed by atoms with Crippen LogP contribution in [0.5, 0.6) is 11.5 Å². The molecule has 0 amide bonds. The van der Waals surface area contributed by atoms with Crippen molar-refractivity contribution in [2.24, 2.45) is 4.99 Å². The predicted molar refractivity (Wildman–Crippen MR) is 109 cm³/mol. The first-order valence-corrected chi connectivity index (χ1v) is 8.94. The van der Waals surface area contributed by atoms with Crippen LogP contribution in [0.4, 0.5) is 5.69 Å². The Labute approximate surface area is 157 Å². The summed E-state index contributed by atoms with van der Waals surface area (Å²) < 4.78 is 12.4. The van der Waals surface area contributed by atoms with Gasteiger partial charge in [0.15, 0.2) is 11.5 Å². The molecule has 0 fully saturated rings. The smallest absolute Gasteiger partial charge is 0.174 e. The molecular weight excluding hydrogens is 413 g/mol. The summed E-state index contributed by atoms with van der Waals surface area (Å²) in [6.45, 7) is 10.8. The minimum Gasteiger partial charge on any atom is -0.490 e. The number of halogens is 1. The number of ether oxygens (including phenoxy) is 2. The fourth-order valence-electron chi connectivity index (χ4n) is 2.30. The van der Waals surface area contributed by atoms with E-state index < -0.39 is 0 Å². The van der Waals surface area contributed by atoms with Gasteiger partial charge in [-0.3, -0.25) is 4.99 Å². The van der Waals surface area contributed by atoms with Gasteiger partial charge < -0.3 is 9.47 Å². The molecule has 0 radical (unpaired) electrons. The summed E-state index contributed by atoms with van der Waals surface area (Å²) in [7, 11) is 0. The van der Waals surface area contributed by atoms with Gasteiger partial charge in [0.2, 0.25) is 0 Å². The Hall–Kier alpha value is -1.82. The second kappa shape index (κ2) is 8.87. The third kappa shape index (κ3) is 4.84. The number of nitrogens with zero attached hydrogens (tertiary/aromatic N) is 1. The molecule has 4 heteroatoms. The van der Waals surface area contributed by atoms with E-state index in [0.717, 1.165) is 31.9 Å². The highest BCUT2D eigenvalue weighted by Crippen LogP contribution is 2.34. The zero-order chi connectivity index (χ0) is 17.5. The van der Waals surface area contributed by atoms with Gasteiger partial charge in [-0.2, -0.15) is 0 Å². The normalized spacial score (nSPS) is 10.8. The van der Waals surface area contributed by atoms with Gasteiger partial charge in [0, 0.05) is 6.21 Å². The summed E-state index contributed by atoms with van der Waals surface area (Å²) in [5.41, 5.74) is 4.36. The van der Waals surface area contributed by atoms with Gasteiger partial charge >= 0.3 is 0 Å². The van der Waals surface area contributed by atoms with Crippen LogP contribution < -0.4 is 9.47 Å². The van der Waals surface area contributed by atoms with Gasteiger partial charge in [0.25, 0.3) is 0 Å². The van der Waals surface area contributed by atoms with Crippen molar-refractivity contribution in [2.75, 3.05) is 13.2 Å². The zero-order valence-electron chi connectivity index (χ0n) is 14.3. The Balaban J connectivity index is 2.33. The Morgan fingerprint density at radius 1 is 1.17 bits per heavy atom. The minimum absolute atomic E-state index is 0.450. The lowest BCUT2D eigenvalue weighted by Gasteiger charge is -2.13. The van der Waals surface area contributed by atoms with Crippen molar-refractivity contribution in [3.05, 3.63) is 63.2 Å². The zero-order valence-corrected chi connectivity index (χ0v) is 16.5. The molecule has 0 aliphatic rings. The molecule has 0 bridgehead atoms. The lowest BCUT2D eigenvalue weighted by atomic mass is 10.1. The monoisotopic (exact) mass is 435 g/mol. The SMILES string of the molecule is C=CCOc1c(I)cc(C=Nc2ccc(C)cc2C)cc1OCC. The first-order valence-electron chi connectivity index (χ1n) is 7.86. The molecule has 24 heavy (non-hydrogen) atoms. The Bertz CT molecular complexity index is 754. The standard InChI is InChI=1S/C20H22INO2/c1-5-9-24-20-17(21)11-16(12-19(20)23-6-2)13-22-18-8-7-14(3)10-15(18)4/h5,7-8,10-13H,1,6,9H2,2-4H3. The summed E-state index contributed by atoms with van der Waals surface area (Å²) in [6.07, 6.45) is 3.58. The van der Waals surface area contributed by atoms with Crippen molar-refractivity contribution in [3.8, 4) is 11.5 Å². The van der Waals surface area contributed by atoms with E-state index >= 15 is 0 Å². The molecule has 2 aromatic carbocycles. The van der Waals surface area contributed by atoms with Gasteiger partial charge in [0.1, 0.15) is 6.61 Å². The number of aliphatic imine (C=N–C) groups is 1.